The number of benzene rings is 1. The summed E-state index contributed by atoms with van der Waals surface area (Å²) in [5.41, 5.74) is 6.48. The topological polar surface area (TPSA) is 90.6 Å². The molecule has 1 aliphatic carbocycles. The molecule has 0 aliphatic heterocycles. The Labute approximate surface area is 130 Å². The van der Waals surface area contributed by atoms with E-state index in [2.05, 4.69) is 5.32 Å². The van der Waals surface area contributed by atoms with E-state index in [4.69, 9.17) is 15.2 Å². The first-order valence-corrected chi connectivity index (χ1v) is 7.39. The largest absolute Gasteiger partial charge is 0.467 e. The number of nitrogens with one attached hydrogen (secondary N) is 1. The lowest BCUT2D eigenvalue weighted by Crippen LogP contribution is -2.42. The highest BCUT2D eigenvalue weighted by molar-refractivity contribution is 5.81. The van der Waals surface area contributed by atoms with Gasteiger partial charge in [-0.25, -0.2) is 9.59 Å². The van der Waals surface area contributed by atoms with Gasteiger partial charge in [-0.15, -0.1) is 0 Å². The predicted molar refractivity (Wildman–Crippen MR) is 80.8 cm³/mol. The molecule has 1 aliphatic rings. The maximum absolute atomic E-state index is 11.8. The lowest BCUT2D eigenvalue weighted by atomic mass is 10.1. The number of nitrogens with two attached hydrogens (primary N) is 1. The number of carbonyl (C=O) groups is 2. The van der Waals surface area contributed by atoms with E-state index in [1.165, 1.54) is 7.11 Å². The van der Waals surface area contributed by atoms with Crippen molar-refractivity contribution < 1.29 is 19.1 Å². The van der Waals surface area contributed by atoms with Crippen molar-refractivity contribution in [1.82, 2.24) is 5.32 Å². The minimum Gasteiger partial charge on any atom is -0.467 e. The average molecular weight is 306 g/mol. The molecule has 0 spiro atoms. The highest BCUT2D eigenvalue weighted by Crippen LogP contribution is 2.41. The Morgan fingerprint density at radius 3 is 2.64 bits per heavy atom. The first-order chi connectivity index (χ1) is 10.6. The van der Waals surface area contributed by atoms with Crippen LogP contribution in [0, 0.1) is 11.8 Å². The van der Waals surface area contributed by atoms with Gasteiger partial charge in [0.2, 0.25) is 0 Å². The molecule has 0 saturated heterocycles. The highest BCUT2D eigenvalue weighted by Gasteiger charge is 2.39. The van der Waals surface area contributed by atoms with E-state index in [1.807, 2.05) is 30.3 Å². The molecular weight excluding hydrogens is 284 g/mol. The number of esters is 1. The van der Waals surface area contributed by atoms with Crippen molar-refractivity contribution in [3.8, 4) is 0 Å². The zero-order valence-electron chi connectivity index (χ0n) is 12.7. The van der Waals surface area contributed by atoms with Crippen LogP contribution in [0.1, 0.15) is 18.4 Å². The van der Waals surface area contributed by atoms with Crippen molar-refractivity contribution >= 4 is 12.1 Å². The van der Waals surface area contributed by atoms with Gasteiger partial charge in [-0.05, 0) is 36.8 Å². The van der Waals surface area contributed by atoms with Crippen LogP contribution in [0.15, 0.2) is 30.3 Å². The molecule has 1 aromatic carbocycles. The Morgan fingerprint density at radius 2 is 2.05 bits per heavy atom. The summed E-state index contributed by atoms with van der Waals surface area (Å²) in [6, 6.07) is 8.67. The number of carbonyl (C=O) groups excluding carboxylic acids is 2. The molecule has 1 aromatic rings. The Hall–Kier alpha value is -2.08. The van der Waals surface area contributed by atoms with Crippen molar-refractivity contribution in [1.29, 1.82) is 0 Å². The van der Waals surface area contributed by atoms with Gasteiger partial charge in [0.15, 0.2) is 0 Å². The van der Waals surface area contributed by atoms with Crippen LogP contribution in [0.3, 0.4) is 0 Å². The number of hydrogen-bond donors (Lipinski definition) is 2. The van der Waals surface area contributed by atoms with Gasteiger partial charge in [0, 0.05) is 0 Å². The SMILES string of the molecule is COC(=O)[C@H](C[C@@H]1C[C@H]1CN)NC(=O)OCc1ccccc1. The van der Waals surface area contributed by atoms with Gasteiger partial charge in [-0.2, -0.15) is 0 Å². The molecule has 1 fully saturated rings. The third-order valence-electron chi connectivity index (χ3n) is 3.90. The molecule has 0 bridgehead atoms. The number of rotatable bonds is 7. The predicted octanol–water partition coefficient (Wildman–Crippen LogP) is 1.44. The van der Waals surface area contributed by atoms with Crippen LogP contribution in [-0.4, -0.2) is 31.8 Å². The molecule has 0 aromatic heterocycles. The van der Waals surface area contributed by atoms with Crippen LogP contribution in [0.25, 0.3) is 0 Å². The average Bonchev–Trinajstić information content (AvgIpc) is 3.31. The van der Waals surface area contributed by atoms with Crippen molar-refractivity contribution in [3.05, 3.63) is 35.9 Å². The van der Waals surface area contributed by atoms with Gasteiger partial charge in [0.05, 0.1) is 7.11 Å². The quantitative estimate of drug-likeness (QED) is 0.744. The van der Waals surface area contributed by atoms with Crippen LogP contribution < -0.4 is 11.1 Å². The summed E-state index contributed by atoms with van der Waals surface area (Å²) in [6.45, 7) is 0.770. The molecule has 6 nitrogen and oxygen atoms in total. The second-order valence-electron chi connectivity index (χ2n) is 5.51. The second-order valence-corrected chi connectivity index (χ2v) is 5.51. The lowest BCUT2D eigenvalue weighted by Gasteiger charge is -2.16. The van der Waals surface area contributed by atoms with Crippen LogP contribution in [0.2, 0.25) is 0 Å². The summed E-state index contributed by atoms with van der Waals surface area (Å²) in [7, 11) is 1.31. The van der Waals surface area contributed by atoms with Crippen LogP contribution in [-0.2, 0) is 20.9 Å². The molecule has 3 atom stereocenters. The zero-order valence-corrected chi connectivity index (χ0v) is 12.7. The fourth-order valence-electron chi connectivity index (χ4n) is 2.45. The van der Waals surface area contributed by atoms with Crippen molar-refractivity contribution in [3.63, 3.8) is 0 Å². The van der Waals surface area contributed by atoms with Gasteiger partial charge >= 0.3 is 12.1 Å². The van der Waals surface area contributed by atoms with Gasteiger partial charge in [-0.1, -0.05) is 30.3 Å². The van der Waals surface area contributed by atoms with E-state index >= 15 is 0 Å². The van der Waals surface area contributed by atoms with E-state index in [0.717, 1.165) is 12.0 Å². The molecule has 6 heteroatoms. The molecule has 120 valence electrons. The number of ether oxygens (including phenoxy) is 2. The summed E-state index contributed by atoms with van der Waals surface area (Å²) in [6.07, 6.45) is 0.906. The molecule has 0 unspecified atom stereocenters. The monoisotopic (exact) mass is 306 g/mol. The van der Waals surface area contributed by atoms with Gasteiger partial charge in [-0.3, -0.25) is 0 Å². The minimum atomic E-state index is -0.685. The normalized spacial score (nSPS) is 20.8. The van der Waals surface area contributed by atoms with Crippen LogP contribution >= 0.6 is 0 Å². The molecule has 0 heterocycles. The number of amides is 1. The Bertz CT molecular complexity index is 506. The third kappa shape index (κ3) is 4.73. The molecule has 22 heavy (non-hydrogen) atoms. The standard InChI is InChI=1S/C16H22N2O4/c1-21-15(19)14(8-12-7-13(12)9-17)18-16(20)22-10-11-5-3-2-4-6-11/h2-6,12-14H,7-10,17H2,1H3,(H,18,20)/t12-,13-,14-/m0/s1. The Balaban J connectivity index is 1.81. The van der Waals surface area contributed by atoms with Crippen LogP contribution in [0.4, 0.5) is 4.79 Å². The van der Waals surface area contributed by atoms with E-state index in [-0.39, 0.29) is 6.61 Å². The fraction of sp³-hybridized carbons (Fsp3) is 0.500. The van der Waals surface area contributed by atoms with E-state index in [1.54, 1.807) is 0 Å². The van der Waals surface area contributed by atoms with E-state index in [9.17, 15) is 9.59 Å². The lowest BCUT2D eigenvalue weighted by molar-refractivity contribution is -0.143. The highest BCUT2D eigenvalue weighted by atomic mass is 16.6. The minimum absolute atomic E-state index is 0.162. The van der Waals surface area contributed by atoms with E-state index < -0.39 is 18.1 Å². The molecule has 1 saturated carbocycles. The fourth-order valence-corrected chi connectivity index (χ4v) is 2.45. The van der Waals surface area contributed by atoms with Gasteiger partial charge in [0.1, 0.15) is 12.6 Å². The van der Waals surface area contributed by atoms with Crippen LogP contribution in [0.5, 0.6) is 0 Å². The molecule has 2 rings (SSSR count). The van der Waals surface area contributed by atoms with Gasteiger partial charge < -0.3 is 20.5 Å². The second kappa shape index (κ2) is 7.79. The Morgan fingerprint density at radius 1 is 1.32 bits per heavy atom. The van der Waals surface area contributed by atoms with Crippen molar-refractivity contribution in [2.24, 2.45) is 17.6 Å². The maximum atomic E-state index is 11.8. The number of methoxy groups -OCH3 is 1. The molecule has 0 radical (unpaired) electrons. The Kier molecular flexibility index (Phi) is 5.77. The van der Waals surface area contributed by atoms with Crippen molar-refractivity contribution in [2.75, 3.05) is 13.7 Å². The first kappa shape index (κ1) is 16.3. The van der Waals surface area contributed by atoms with Gasteiger partial charge in [0.25, 0.3) is 0 Å². The smallest absolute Gasteiger partial charge is 0.408 e. The number of alkyl carbamates (subject to hydrolysis) is 1. The zero-order chi connectivity index (χ0) is 15.9. The summed E-state index contributed by atoms with van der Waals surface area (Å²) in [5.74, 6) is 0.345. The molecular formula is C16H22N2O4. The van der Waals surface area contributed by atoms with Crippen molar-refractivity contribution in [2.45, 2.75) is 25.5 Å². The van der Waals surface area contributed by atoms with E-state index in [0.29, 0.717) is 24.8 Å². The summed E-state index contributed by atoms with van der Waals surface area (Å²) in [4.78, 5) is 23.6. The molecule has 1 amide bonds. The third-order valence-corrected chi connectivity index (χ3v) is 3.90. The molecule has 3 N–H and O–H groups in total. The summed E-state index contributed by atoms with van der Waals surface area (Å²) >= 11 is 0. The summed E-state index contributed by atoms with van der Waals surface area (Å²) in [5, 5.41) is 2.58. The number of hydrogen-bond acceptors (Lipinski definition) is 5. The first-order valence-electron chi connectivity index (χ1n) is 7.39. The summed E-state index contributed by atoms with van der Waals surface area (Å²) < 4.78 is 9.86. The maximum Gasteiger partial charge on any atom is 0.408 e.